The highest BCUT2D eigenvalue weighted by atomic mass is 16.5. The molecule has 0 radical (unpaired) electrons. The number of alkyl carbamates (subject to hydrolysis) is 1. The lowest BCUT2D eigenvalue weighted by Gasteiger charge is -2.20. The number of fused-ring (bicyclic) bond motifs is 3. The number of aliphatic carboxylic acids is 1. The van der Waals surface area contributed by atoms with Gasteiger partial charge in [0.15, 0.2) is 0 Å². The van der Waals surface area contributed by atoms with Crippen molar-refractivity contribution >= 4 is 18.0 Å². The van der Waals surface area contributed by atoms with Crippen LogP contribution in [-0.4, -0.2) is 54.7 Å². The van der Waals surface area contributed by atoms with Crippen LogP contribution in [0.2, 0.25) is 0 Å². The molecule has 2 aromatic rings. The molecular weight excluding hydrogens is 444 g/mol. The van der Waals surface area contributed by atoms with Crippen molar-refractivity contribution < 1.29 is 24.2 Å². The van der Waals surface area contributed by atoms with Crippen molar-refractivity contribution in [2.45, 2.75) is 51.4 Å². The zero-order valence-electron chi connectivity index (χ0n) is 20.7. The van der Waals surface area contributed by atoms with Crippen LogP contribution in [0.4, 0.5) is 4.79 Å². The van der Waals surface area contributed by atoms with E-state index in [0.29, 0.717) is 18.9 Å². The summed E-state index contributed by atoms with van der Waals surface area (Å²) in [5.74, 6) is -0.611. The molecule has 2 amide bonds. The second kappa shape index (κ2) is 12.9. The normalized spacial score (nSPS) is 13.0. The topological polar surface area (TPSA) is 95.9 Å². The van der Waals surface area contributed by atoms with Gasteiger partial charge in [-0.1, -0.05) is 68.3 Å². The molecule has 7 nitrogen and oxygen atoms in total. The fourth-order valence-electron chi connectivity index (χ4n) is 4.78. The van der Waals surface area contributed by atoms with E-state index in [2.05, 4.69) is 36.5 Å². The van der Waals surface area contributed by atoms with Gasteiger partial charge in [0.2, 0.25) is 5.91 Å². The van der Waals surface area contributed by atoms with E-state index in [-0.39, 0.29) is 31.4 Å². The van der Waals surface area contributed by atoms with E-state index >= 15 is 0 Å². The van der Waals surface area contributed by atoms with Gasteiger partial charge in [0.25, 0.3) is 0 Å². The third-order valence-corrected chi connectivity index (χ3v) is 6.72. The van der Waals surface area contributed by atoms with Crippen LogP contribution in [0.25, 0.3) is 11.1 Å². The van der Waals surface area contributed by atoms with Crippen LogP contribution in [0.15, 0.2) is 48.5 Å². The quantitative estimate of drug-likeness (QED) is 0.418. The van der Waals surface area contributed by atoms with Crippen LogP contribution in [0.1, 0.15) is 62.5 Å². The Morgan fingerprint density at radius 1 is 0.971 bits per heavy atom. The Balaban J connectivity index is 1.43. The molecular formula is C28H36N2O5. The Hall–Kier alpha value is -3.35. The minimum atomic E-state index is -0.909. The minimum Gasteiger partial charge on any atom is -0.481 e. The maximum atomic E-state index is 12.4. The second-order valence-corrected chi connectivity index (χ2v) is 9.19. The van der Waals surface area contributed by atoms with Gasteiger partial charge in [0.05, 0.1) is 6.42 Å². The molecule has 0 saturated carbocycles. The van der Waals surface area contributed by atoms with Gasteiger partial charge in [-0.25, -0.2) is 4.79 Å². The van der Waals surface area contributed by atoms with Gasteiger partial charge < -0.3 is 20.1 Å². The zero-order valence-corrected chi connectivity index (χ0v) is 20.7. The monoisotopic (exact) mass is 480 g/mol. The van der Waals surface area contributed by atoms with Crippen molar-refractivity contribution in [1.29, 1.82) is 0 Å². The van der Waals surface area contributed by atoms with Gasteiger partial charge in [-0.15, -0.1) is 0 Å². The first-order valence-electron chi connectivity index (χ1n) is 12.4. The predicted octanol–water partition coefficient (Wildman–Crippen LogP) is 5.04. The standard InChI is InChI=1S/C28H36N2O5/c1-3-8-20(13-14-26(31)30(2)18-16-27(32)33)15-17-29-28(34)35-19-25-23-11-6-4-9-21(23)22-10-5-7-12-24(22)25/h4-7,9-12,20,25H,3,8,13-19H2,1-2H3,(H,29,34)(H,32,33). The number of nitrogens with one attached hydrogen (secondary N) is 1. The number of hydrogen-bond donors (Lipinski definition) is 2. The van der Waals surface area contributed by atoms with E-state index in [9.17, 15) is 14.4 Å². The lowest BCUT2D eigenvalue weighted by atomic mass is 9.94. The first kappa shape index (κ1) is 26.3. The van der Waals surface area contributed by atoms with Gasteiger partial charge in [-0.3, -0.25) is 9.59 Å². The third-order valence-electron chi connectivity index (χ3n) is 6.72. The molecule has 2 aromatic carbocycles. The zero-order chi connectivity index (χ0) is 25.2. The summed E-state index contributed by atoms with van der Waals surface area (Å²) in [5, 5.41) is 11.6. The van der Waals surface area contributed by atoms with Crippen LogP contribution in [0.3, 0.4) is 0 Å². The van der Waals surface area contributed by atoms with Gasteiger partial charge >= 0.3 is 12.1 Å². The van der Waals surface area contributed by atoms with Crippen molar-refractivity contribution in [2.24, 2.45) is 5.92 Å². The number of carbonyl (C=O) groups excluding carboxylic acids is 2. The van der Waals surface area contributed by atoms with E-state index in [4.69, 9.17) is 9.84 Å². The maximum Gasteiger partial charge on any atom is 0.407 e. The Labute approximate surface area is 207 Å². The number of hydrogen-bond acceptors (Lipinski definition) is 4. The summed E-state index contributed by atoms with van der Waals surface area (Å²) < 4.78 is 5.60. The van der Waals surface area contributed by atoms with Crippen molar-refractivity contribution in [3.63, 3.8) is 0 Å². The molecule has 0 fully saturated rings. The van der Waals surface area contributed by atoms with E-state index in [1.54, 1.807) is 7.05 Å². The molecule has 3 rings (SSSR count). The van der Waals surface area contributed by atoms with E-state index < -0.39 is 12.1 Å². The predicted molar refractivity (Wildman–Crippen MR) is 135 cm³/mol. The van der Waals surface area contributed by atoms with Gasteiger partial charge in [0, 0.05) is 32.5 Å². The Morgan fingerprint density at radius 2 is 1.60 bits per heavy atom. The Morgan fingerprint density at radius 3 is 2.20 bits per heavy atom. The molecule has 0 aliphatic heterocycles. The Bertz CT molecular complexity index is 976. The number of carboxylic acids is 1. The van der Waals surface area contributed by atoms with E-state index in [1.165, 1.54) is 27.2 Å². The third kappa shape index (κ3) is 7.31. The molecule has 0 bridgehead atoms. The van der Waals surface area contributed by atoms with E-state index in [1.807, 2.05) is 24.3 Å². The maximum absolute atomic E-state index is 12.4. The molecule has 0 spiro atoms. The highest BCUT2D eigenvalue weighted by Gasteiger charge is 2.29. The van der Waals surface area contributed by atoms with Crippen LogP contribution in [0.5, 0.6) is 0 Å². The fraction of sp³-hybridized carbons (Fsp3) is 0.464. The number of rotatable bonds is 13. The molecule has 0 aromatic heterocycles. The molecule has 1 unspecified atom stereocenters. The highest BCUT2D eigenvalue weighted by Crippen LogP contribution is 2.44. The summed E-state index contributed by atoms with van der Waals surface area (Å²) in [6, 6.07) is 16.5. The summed E-state index contributed by atoms with van der Waals surface area (Å²) in [7, 11) is 1.64. The van der Waals surface area contributed by atoms with Crippen LogP contribution in [0, 0.1) is 5.92 Å². The Kier molecular flexibility index (Phi) is 9.70. The lowest BCUT2D eigenvalue weighted by molar-refractivity contribution is -0.138. The first-order valence-corrected chi connectivity index (χ1v) is 12.4. The number of carboxylic acid groups (broad SMARTS) is 1. The van der Waals surface area contributed by atoms with Crippen LogP contribution >= 0.6 is 0 Å². The number of carbonyl (C=O) groups is 3. The molecule has 188 valence electrons. The van der Waals surface area contributed by atoms with Crippen LogP contribution in [-0.2, 0) is 14.3 Å². The largest absolute Gasteiger partial charge is 0.481 e. The summed E-state index contributed by atoms with van der Waals surface area (Å²) >= 11 is 0. The smallest absolute Gasteiger partial charge is 0.407 e. The van der Waals surface area contributed by atoms with Crippen molar-refractivity contribution in [3.05, 3.63) is 59.7 Å². The van der Waals surface area contributed by atoms with Gasteiger partial charge in [0.1, 0.15) is 6.61 Å². The molecule has 7 heteroatoms. The number of benzene rings is 2. The molecule has 1 aliphatic carbocycles. The SMILES string of the molecule is CCCC(CCNC(=O)OCC1c2ccccc2-c2ccccc21)CCC(=O)N(C)CCC(=O)O. The van der Waals surface area contributed by atoms with Gasteiger partial charge in [-0.05, 0) is 41.0 Å². The minimum absolute atomic E-state index is 0.0325. The number of amides is 2. The van der Waals surface area contributed by atoms with Gasteiger partial charge in [-0.2, -0.15) is 0 Å². The number of ether oxygens (including phenoxy) is 1. The van der Waals surface area contributed by atoms with Crippen molar-refractivity contribution in [2.75, 3.05) is 26.7 Å². The lowest BCUT2D eigenvalue weighted by Crippen LogP contribution is -2.30. The first-order chi connectivity index (χ1) is 16.9. The average molecular weight is 481 g/mol. The second-order valence-electron chi connectivity index (χ2n) is 9.19. The highest BCUT2D eigenvalue weighted by molar-refractivity contribution is 5.79. The number of nitrogens with zero attached hydrogens (tertiary/aromatic N) is 1. The summed E-state index contributed by atoms with van der Waals surface area (Å²) in [5.41, 5.74) is 4.76. The molecule has 0 saturated heterocycles. The summed E-state index contributed by atoms with van der Waals surface area (Å²) in [4.78, 5) is 36.9. The van der Waals surface area contributed by atoms with Crippen molar-refractivity contribution in [3.8, 4) is 11.1 Å². The van der Waals surface area contributed by atoms with E-state index in [0.717, 1.165) is 25.7 Å². The average Bonchev–Trinajstić information content (AvgIpc) is 3.18. The fourth-order valence-corrected chi connectivity index (χ4v) is 4.78. The summed E-state index contributed by atoms with van der Waals surface area (Å²) in [6.07, 6.45) is 3.36. The molecule has 0 heterocycles. The molecule has 35 heavy (non-hydrogen) atoms. The summed E-state index contributed by atoms with van der Waals surface area (Å²) in [6.45, 7) is 3.10. The van der Waals surface area contributed by atoms with Crippen LogP contribution < -0.4 is 5.32 Å². The molecule has 2 N–H and O–H groups in total. The molecule has 1 aliphatic rings. The van der Waals surface area contributed by atoms with Crippen molar-refractivity contribution in [1.82, 2.24) is 10.2 Å². The molecule has 1 atom stereocenters.